The molecule has 130 valence electrons. The topological polar surface area (TPSA) is 23.6 Å². The molecule has 25 heavy (non-hydrogen) atoms. The van der Waals surface area contributed by atoms with Crippen molar-refractivity contribution in [3.8, 4) is 0 Å². The van der Waals surface area contributed by atoms with Crippen molar-refractivity contribution in [3.05, 3.63) is 62.1 Å². The third-order valence-corrected chi connectivity index (χ3v) is 6.28. The molecular weight excluding hydrogens is 402 g/mol. The van der Waals surface area contributed by atoms with Gasteiger partial charge in [0.1, 0.15) is 6.17 Å². The SMILES string of the molecule is O=C1C2CCCN2C(c2ccc(Cl)c(Cl)c2)N1c1ccc(Cl)c(Cl)c1. The molecule has 2 aromatic carbocycles. The summed E-state index contributed by atoms with van der Waals surface area (Å²) in [4.78, 5) is 17.1. The van der Waals surface area contributed by atoms with Crippen LogP contribution in [0.3, 0.4) is 0 Å². The van der Waals surface area contributed by atoms with Crippen LogP contribution in [-0.4, -0.2) is 23.4 Å². The molecule has 2 fully saturated rings. The maximum Gasteiger partial charge on any atom is 0.246 e. The van der Waals surface area contributed by atoms with Gasteiger partial charge < -0.3 is 0 Å². The molecule has 2 aromatic rings. The maximum absolute atomic E-state index is 13.1. The van der Waals surface area contributed by atoms with E-state index < -0.39 is 0 Å². The summed E-state index contributed by atoms with van der Waals surface area (Å²) in [6.45, 7) is 0.860. The van der Waals surface area contributed by atoms with Crippen LogP contribution in [0.1, 0.15) is 24.6 Å². The number of carbonyl (C=O) groups is 1. The number of benzene rings is 2. The summed E-state index contributed by atoms with van der Waals surface area (Å²) in [6, 6.07) is 10.6. The zero-order valence-corrected chi connectivity index (χ0v) is 16.1. The molecule has 0 N–H and O–H groups in total. The van der Waals surface area contributed by atoms with Crippen molar-refractivity contribution in [3.63, 3.8) is 0 Å². The van der Waals surface area contributed by atoms with Crippen molar-refractivity contribution in [2.75, 3.05) is 11.4 Å². The molecule has 2 aliphatic heterocycles. The first kappa shape index (κ1) is 17.4. The van der Waals surface area contributed by atoms with Gasteiger partial charge in [0, 0.05) is 12.2 Å². The number of nitrogens with zero attached hydrogens (tertiary/aromatic N) is 2. The minimum Gasteiger partial charge on any atom is -0.290 e. The van der Waals surface area contributed by atoms with Crippen LogP contribution in [0.15, 0.2) is 36.4 Å². The predicted octanol–water partition coefficient (Wildman–Crippen LogP) is 5.81. The molecule has 2 heterocycles. The minimum absolute atomic E-state index is 0.0759. The molecule has 2 saturated heterocycles. The van der Waals surface area contributed by atoms with Crippen LogP contribution in [0.5, 0.6) is 0 Å². The first-order chi connectivity index (χ1) is 12.0. The van der Waals surface area contributed by atoms with Crippen molar-refractivity contribution in [2.45, 2.75) is 25.0 Å². The van der Waals surface area contributed by atoms with Crippen molar-refractivity contribution in [1.29, 1.82) is 0 Å². The van der Waals surface area contributed by atoms with Gasteiger partial charge in [0.15, 0.2) is 0 Å². The highest BCUT2D eigenvalue weighted by Crippen LogP contribution is 2.44. The van der Waals surface area contributed by atoms with Gasteiger partial charge in [-0.2, -0.15) is 0 Å². The third-order valence-electron chi connectivity index (χ3n) is 4.80. The van der Waals surface area contributed by atoms with Gasteiger partial charge in [-0.25, -0.2) is 0 Å². The number of hydrogen-bond donors (Lipinski definition) is 0. The van der Waals surface area contributed by atoms with E-state index in [0.717, 1.165) is 30.6 Å². The van der Waals surface area contributed by atoms with E-state index in [1.54, 1.807) is 23.1 Å². The average Bonchev–Trinajstić information content (AvgIpc) is 3.15. The van der Waals surface area contributed by atoms with Gasteiger partial charge in [0.2, 0.25) is 5.91 Å². The van der Waals surface area contributed by atoms with E-state index in [1.807, 2.05) is 18.2 Å². The first-order valence-corrected chi connectivity index (χ1v) is 9.47. The molecule has 1 amide bonds. The molecule has 0 saturated carbocycles. The van der Waals surface area contributed by atoms with Crippen LogP contribution in [0.25, 0.3) is 0 Å². The molecular formula is C18H14Cl4N2O. The van der Waals surface area contributed by atoms with Crippen LogP contribution < -0.4 is 4.90 Å². The summed E-state index contributed by atoms with van der Waals surface area (Å²) in [5.41, 5.74) is 1.66. The van der Waals surface area contributed by atoms with Gasteiger partial charge in [-0.05, 0) is 48.7 Å². The Morgan fingerprint density at radius 2 is 1.56 bits per heavy atom. The second kappa shape index (κ2) is 6.64. The maximum atomic E-state index is 13.1. The molecule has 0 spiro atoms. The van der Waals surface area contributed by atoms with E-state index in [-0.39, 0.29) is 18.1 Å². The largest absolute Gasteiger partial charge is 0.290 e. The molecule has 3 nitrogen and oxygen atoms in total. The van der Waals surface area contributed by atoms with Gasteiger partial charge in [-0.1, -0.05) is 52.5 Å². The van der Waals surface area contributed by atoms with Crippen LogP contribution in [0.2, 0.25) is 20.1 Å². The molecule has 2 atom stereocenters. The molecule has 7 heteroatoms. The zero-order valence-electron chi connectivity index (χ0n) is 13.1. The Morgan fingerprint density at radius 3 is 2.24 bits per heavy atom. The van der Waals surface area contributed by atoms with E-state index >= 15 is 0 Å². The quantitative estimate of drug-likeness (QED) is 0.617. The molecule has 0 radical (unpaired) electrons. The number of hydrogen-bond acceptors (Lipinski definition) is 2. The van der Waals surface area contributed by atoms with E-state index in [2.05, 4.69) is 4.90 Å². The number of halogens is 4. The van der Waals surface area contributed by atoms with Crippen molar-refractivity contribution in [2.24, 2.45) is 0 Å². The number of carbonyl (C=O) groups excluding carboxylic acids is 1. The first-order valence-electron chi connectivity index (χ1n) is 7.96. The summed E-state index contributed by atoms with van der Waals surface area (Å²) < 4.78 is 0. The number of anilines is 1. The second-order valence-electron chi connectivity index (χ2n) is 6.25. The van der Waals surface area contributed by atoms with E-state index in [1.165, 1.54) is 0 Å². The van der Waals surface area contributed by atoms with Gasteiger partial charge in [-0.15, -0.1) is 0 Å². The average molecular weight is 416 g/mol. The van der Waals surface area contributed by atoms with E-state index in [0.29, 0.717) is 20.1 Å². The van der Waals surface area contributed by atoms with Crippen molar-refractivity contribution < 1.29 is 4.79 Å². The Kier molecular flexibility index (Phi) is 4.63. The lowest BCUT2D eigenvalue weighted by Gasteiger charge is -2.30. The zero-order chi connectivity index (χ0) is 17.7. The van der Waals surface area contributed by atoms with Crippen molar-refractivity contribution >= 4 is 58.0 Å². The Morgan fingerprint density at radius 1 is 0.880 bits per heavy atom. The highest BCUT2D eigenvalue weighted by molar-refractivity contribution is 6.42. The monoisotopic (exact) mass is 414 g/mol. The Balaban J connectivity index is 1.83. The molecule has 4 rings (SSSR count). The molecule has 0 aliphatic carbocycles. The van der Waals surface area contributed by atoms with Gasteiger partial charge in [-0.3, -0.25) is 14.6 Å². The summed E-state index contributed by atoms with van der Waals surface area (Å²) in [6.07, 6.45) is 1.63. The summed E-state index contributed by atoms with van der Waals surface area (Å²) >= 11 is 24.5. The Labute approximate surface area is 166 Å². The van der Waals surface area contributed by atoms with Crippen molar-refractivity contribution in [1.82, 2.24) is 4.90 Å². The third kappa shape index (κ3) is 2.92. The van der Waals surface area contributed by atoms with E-state index in [9.17, 15) is 4.79 Å². The van der Waals surface area contributed by atoms with Gasteiger partial charge >= 0.3 is 0 Å². The van der Waals surface area contributed by atoms with Crippen LogP contribution in [-0.2, 0) is 4.79 Å². The lowest BCUT2D eigenvalue weighted by molar-refractivity contribution is -0.119. The lowest BCUT2D eigenvalue weighted by atomic mass is 10.1. The predicted molar refractivity (Wildman–Crippen MR) is 103 cm³/mol. The Bertz CT molecular complexity index is 857. The summed E-state index contributed by atoms with van der Waals surface area (Å²) in [5.74, 6) is 0.0759. The molecule has 2 aliphatic rings. The fraction of sp³-hybridized carbons (Fsp3) is 0.278. The van der Waals surface area contributed by atoms with Gasteiger partial charge in [0.05, 0.1) is 26.1 Å². The lowest BCUT2D eigenvalue weighted by Crippen LogP contribution is -2.32. The highest BCUT2D eigenvalue weighted by Gasteiger charge is 2.49. The summed E-state index contributed by atoms with van der Waals surface area (Å²) in [5, 5.41) is 1.85. The standard InChI is InChI=1S/C18H14Cl4N2O/c19-12-5-3-10(8-14(12)21)17-23-7-1-2-16(23)18(25)24(17)11-4-6-13(20)15(22)9-11/h3-6,8-9,16-17H,1-2,7H2. The van der Waals surface area contributed by atoms with Crippen LogP contribution in [0.4, 0.5) is 5.69 Å². The Hall–Kier alpha value is -0.970. The van der Waals surface area contributed by atoms with E-state index in [4.69, 9.17) is 46.4 Å². The summed E-state index contributed by atoms with van der Waals surface area (Å²) in [7, 11) is 0. The normalized spacial score (nSPS) is 23.4. The van der Waals surface area contributed by atoms with Crippen LogP contribution >= 0.6 is 46.4 Å². The number of rotatable bonds is 2. The molecule has 0 aromatic heterocycles. The fourth-order valence-electron chi connectivity index (χ4n) is 3.69. The van der Waals surface area contributed by atoms with Crippen LogP contribution in [0, 0.1) is 0 Å². The molecule has 2 unspecified atom stereocenters. The number of fused-ring (bicyclic) bond motifs is 1. The highest BCUT2D eigenvalue weighted by atomic mass is 35.5. The number of amides is 1. The second-order valence-corrected chi connectivity index (χ2v) is 7.88. The fourth-order valence-corrected chi connectivity index (χ4v) is 4.29. The van der Waals surface area contributed by atoms with Gasteiger partial charge in [0.25, 0.3) is 0 Å². The minimum atomic E-state index is -0.230. The smallest absolute Gasteiger partial charge is 0.246 e. The molecule has 0 bridgehead atoms.